The molecule has 0 atom stereocenters. The molecule has 0 aliphatic carbocycles. The molecular formula is C16H13F3N2O3. The second kappa shape index (κ2) is 6.66. The molecule has 1 heterocycles. The third-order valence-electron chi connectivity index (χ3n) is 3.15. The van der Waals surface area contributed by atoms with Crippen molar-refractivity contribution in [2.75, 3.05) is 13.7 Å². The van der Waals surface area contributed by atoms with Crippen LogP contribution in [0.2, 0.25) is 0 Å². The highest BCUT2D eigenvalue weighted by Gasteiger charge is 2.29. The van der Waals surface area contributed by atoms with Crippen molar-refractivity contribution in [2.45, 2.75) is 13.1 Å². The Bertz CT molecular complexity index is 851. The van der Waals surface area contributed by atoms with Gasteiger partial charge in [0.05, 0.1) is 7.11 Å². The molecule has 8 heteroatoms. The van der Waals surface area contributed by atoms with Crippen LogP contribution in [0, 0.1) is 18.3 Å². The maximum Gasteiger partial charge on any atom is 0.422 e. The Balaban J connectivity index is 2.48. The summed E-state index contributed by atoms with van der Waals surface area (Å²) in [6, 6.07) is 7.61. The quantitative estimate of drug-likeness (QED) is 0.929. The fraction of sp³-hybridized carbons (Fsp3) is 0.250. The minimum atomic E-state index is -4.47. The van der Waals surface area contributed by atoms with E-state index in [4.69, 9.17) is 14.7 Å². The van der Waals surface area contributed by atoms with Crippen molar-refractivity contribution < 1.29 is 22.6 Å². The molecule has 1 aromatic heterocycles. The van der Waals surface area contributed by atoms with Crippen molar-refractivity contribution in [2.24, 2.45) is 0 Å². The van der Waals surface area contributed by atoms with E-state index in [2.05, 4.69) is 4.98 Å². The van der Waals surface area contributed by atoms with Gasteiger partial charge in [0.15, 0.2) is 18.1 Å². The van der Waals surface area contributed by atoms with Gasteiger partial charge in [-0.1, -0.05) is 6.07 Å². The van der Waals surface area contributed by atoms with Gasteiger partial charge in [-0.25, -0.2) is 0 Å². The number of methoxy groups -OCH3 is 1. The second-order valence-electron chi connectivity index (χ2n) is 4.95. The number of alkyl halides is 3. The topological polar surface area (TPSA) is 75.1 Å². The maximum absolute atomic E-state index is 12.3. The Hall–Kier alpha value is -2.95. The first-order valence-corrected chi connectivity index (χ1v) is 6.77. The minimum absolute atomic E-state index is 0.0681. The van der Waals surface area contributed by atoms with Crippen LogP contribution in [0.5, 0.6) is 11.5 Å². The summed E-state index contributed by atoms with van der Waals surface area (Å²) in [4.78, 5) is 14.4. The molecule has 0 unspecified atom stereocenters. The molecule has 1 aromatic carbocycles. The Kier molecular flexibility index (Phi) is 4.83. The van der Waals surface area contributed by atoms with Crippen molar-refractivity contribution in [3.05, 3.63) is 45.9 Å². The molecule has 0 aliphatic rings. The number of hydrogen-bond acceptors (Lipinski definition) is 4. The zero-order valence-corrected chi connectivity index (χ0v) is 12.8. The minimum Gasteiger partial charge on any atom is -0.493 e. The summed E-state index contributed by atoms with van der Waals surface area (Å²) in [5.41, 5.74) is 0.734. The van der Waals surface area contributed by atoms with Crippen LogP contribution in [-0.2, 0) is 0 Å². The lowest BCUT2D eigenvalue weighted by Gasteiger charge is -2.14. The average Bonchev–Trinajstić information content (AvgIpc) is 2.51. The van der Waals surface area contributed by atoms with E-state index in [-0.39, 0.29) is 17.1 Å². The van der Waals surface area contributed by atoms with Gasteiger partial charge in [0.1, 0.15) is 11.6 Å². The lowest BCUT2D eigenvalue weighted by molar-refractivity contribution is -0.153. The highest BCUT2D eigenvalue weighted by Crippen LogP contribution is 2.34. The number of H-pyrrole nitrogens is 1. The molecule has 0 saturated carbocycles. The summed E-state index contributed by atoms with van der Waals surface area (Å²) >= 11 is 0. The maximum atomic E-state index is 12.3. The molecule has 0 bridgehead atoms. The van der Waals surface area contributed by atoms with Crippen LogP contribution in [0.3, 0.4) is 0 Å². The van der Waals surface area contributed by atoms with Crippen LogP contribution in [0.4, 0.5) is 13.2 Å². The molecule has 2 aromatic rings. The number of rotatable bonds is 4. The normalized spacial score (nSPS) is 11.0. The van der Waals surface area contributed by atoms with E-state index in [0.717, 1.165) is 0 Å². The standard InChI is InChI=1S/C16H13F3N2O3/c1-9-5-11(12(7-20)15(22)21-9)10-3-4-13(14(6-10)23-2)24-8-16(17,18)19/h3-6H,8H2,1-2H3,(H,21,22). The number of hydrogen-bond donors (Lipinski definition) is 1. The first kappa shape index (κ1) is 17.4. The summed E-state index contributed by atoms with van der Waals surface area (Å²) in [6.45, 7) is 0.209. The Morgan fingerprint density at radius 3 is 2.54 bits per heavy atom. The molecule has 0 spiro atoms. The number of aromatic amines is 1. The Labute approximate surface area is 135 Å². The van der Waals surface area contributed by atoms with Gasteiger partial charge < -0.3 is 14.5 Å². The number of nitrogens with one attached hydrogen (secondary N) is 1. The number of aryl methyl sites for hydroxylation is 1. The number of nitriles is 1. The van der Waals surface area contributed by atoms with Crippen molar-refractivity contribution in [3.8, 4) is 28.7 Å². The average molecular weight is 338 g/mol. The number of ether oxygens (including phenoxy) is 2. The van der Waals surface area contributed by atoms with Gasteiger partial charge in [-0.05, 0) is 30.7 Å². The molecule has 24 heavy (non-hydrogen) atoms. The second-order valence-corrected chi connectivity index (χ2v) is 4.95. The smallest absolute Gasteiger partial charge is 0.422 e. The van der Waals surface area contributed by atoms with Gasteiger partial charge in [-0.2, -0.15) is 18.4 Å². The van der Waals surface area contributed by atoms with Gasteiger partial charge in [0.25, 0.3) is 5.56 Å². The van der Waals surface area contributed by atoms with Gasteiger partial charge in [-0.3, -0.25) is 4.79 Å². The predicted octanol–water partition coefficient (Wildman–Crippen LogP) is 3.17. The van der Waals surface area contributed by atoms with E-state index in [1.807, 2.05) is 6.07 Å². The molecule has 5 nitrogen and oxygen atoms in total. The summed E-state index contributed by atoms with van der Waals surface area (Å²) in [5.74, 6) is -0.0165. The molecule has 0 fully saturated rings. The molecule has 1 N–H and O–H groups in total. The van der Waals surface area contributed by atoms with Crippen molar-refractivity contribution in [1.82, 2.24) is 4.98 Å². The summed E-state index contributed by atoms with van der Waals surface area (Å²) in [6.07, 6.45) is -4.47. The zero-order valence-electron chi connectivity index (χ0n) is 12.8. The predicted molar refractivity (Wildman–Crippen MR) is 80.1 cm³/mol. The number of halogens is 3. The van der Waals surface area contributed by atoms with Gasteiger partial charge in [0.2, 0.25) is 0 Å². The van der Waals surface area contributed by atoms with Crippen molar-refractivity contribution >= 4 is 0 Å². The first-order chi connectivity index (χ1) is 11.2. The largest absolute Gasteiger partial charge is 0.493 e. The fourth-order valence-corrected chi connectivity index (χ4v) is 2.14. The molecule has 0 saturated heterocycles. The number of pyridine rings is 1. The monoisotopic (exact) mass is 338 g/mol. The lowest BCUT2D eigenvalue weighted by atomic mass is 10.0. The van der Waals surface area contributed by atoms with Crippen LogP contribution in [-0.4, -0.2) is 24.9 Å². The number of benzene rings is 1. The fourth-order valence-electron chi connectivity index (χ4n) is 2.14. The molecule has 2 rings (SSSR count). The summed E-state index contributed by atoms with van der Waals surface area (Å²) < 4.78 is 46.6. The third kappa shape index (κ3) is 3.87. The molecule has 0 amide bonds. The van der Waals surface area contributed by atoms with E-state index < -0.39 is 18.3 Å². The summed E-state index contributed by atoms with van der Waals surface area (Å²) in [5, 5.41) is 9.16. The highest BCUT2D eigenvalue weighted by molar-refractivity contribution is 5.72. The number of aromatic nitrogens is 1. The zero-order chi connectivity index (χ0) is 17.9. The van der Waals surface area contributed by atoms with Crippen LogP contribution < -0.4 is 15.0 Å². The van der Waals surface area contributed by atoms with E-state index in [0.29, 0.717) is 16.8 Å². The molecule has 0 radical (unpaired) electrons. The van der Waals surface area contributed by atoms with Crippen LogP contribution in [0.15, 0.2) is 29.1 Å². The van der Waals surface area contributed by atoms with Gasteiger partial charge in [-0.15, -0.1) is 0 Å². The molecule has 0 aliphatic heterocycles. The van der Waals surface area contributed by atoms with Crippen molar-refractivity contribution in [3.63, 3.8) is 0 Å². The van der Waals surface area contributed by atoms with Crippen LogP contribution >= 0.6 is 0 Å². The Morgan fingerprint density at radius 2 is 1.96 bits per heavy atom. The number of nitrogens with zero attached hydrogens (tertiary/aromatic N) is 1. The van der Waals surface area contributed by atoms with Crippen LogP contribution in [0.25, 0.3) is 11.1 Å². The van der Waals surface area contributed by atoms with E-state index in [1.165, 1.54) is 25.3 Å². The van der Waals surface area contributed by atoms with E-state index in [9.17, 15) is 18.0 Å². The van der Waals surface area contributed by atoms with E-state index in [1.54, 1.807) is 13.0 Å². The third-order valence-corrected chi connectivity index (χ3v) is 3.15. The highest BCUT2D eigenvalue weighted by atomic mass is 19.4. The SMILES string of the molecule is COc1cc(-c2cc(C)[nH]c(=O)c2C#N)ccc1OCC(F)(F)F. The first-order valence-electron chi connectivity index (χ1n) is 6.77. The van der Waals surface area contributed by atoms with Gasteiger partial charge >= 0.3 is 6.18 Å². The van der Waals surface area contributed by atoms with E-state index >= 15 is 0 Å². The Morgan fingerprint density at radius 1 is 1.25 bits per heavy atom. The van der Waals surface area contributed by atoms with Crippen molar-refractivity contribution in [1.29, 1.82) is 5.26 Å². The van der Waals surface area contributed by atoms with Crippen LogP contribution in [0.1, 0.15) is 11.3 Å². The summed E-state index contributed by atoms with van der Waals surface area (Å²) in [7, 11) is 1.29. The van der Waals surface area contributed by atoms with Gasteiger partial charge in [0, 0.05) is 11.3 Å². The lowest BCUT2D eigenvalue weighted by Crippen LogP contribution is -2.19. The molecule has 126 valence electrons. The molecular weight excluding hydrogens is 325 g/mol.